The van der Waals surface area contributed by atoms with Gasteiger partial charge in [0.15, 0.2) is 9.84 Å². The fraction of sp³-hybridized carbons (Fsp3) is 0.167. The molecule has 0 saturated heterocycles. The Kier molecular flexibility index (Phi) is 5.20. The Morgan fingerprint density at radius 3 is 2.38 bits per heavy atom. The minimum Gasteiger partial charge on any atom is -0.404 e. The first-order chi connectivity index (χ1) is 13.3. The Morgan fingerprint density at radius 2 is 1.79 bits per heavy atom. The van der Waals surface area contributed by atoms with Crippen LogP contribution in [0.5, 0.6) is 5.75 Å². The van der Waals surface area contributed by atoms with Crippen LogP contribution in [0.2, 0.25) is 5.02 Å². The number of benzene rings is 2. The molecular weight excluding hydrogens is 441 g/mol. The van der Waals surface area contributed by atoms with Gasteiger partial charge < -0.3 is 4.74 Å². The van der Waals surface area contributed by atoms with E-state index in [1.54, 1.807) is 0 Å². The fourth-order valence-electron chi connectivity index (χ4n) is 2.91. The van der Waals surface area contributed by atoms with Crippen LogP contribution in [0.3, 0.4) is 0 Å². The van der Waals surface area contributed by atoms with Crippen LogP contribution in [0.25, 0.3) is 22.2 Å². The van der Waals surface area contributed by atoms with Gasteiger partial charge in [-0.1, -0.05) is 23.7 Å². The molecule has 0 radical (unpaired) electrons. The topological polar surface area (TPSA) is 56.3 Å². The van der Waals surface area contributed by atoms with Crippen molar-refractivity contribution in [2.45, 2.75) is 18.2 Å². The second-order valence-corrected chi connectivity index (χ2v) is 8.46. The number of fused-ring (bicyclic) bond motifs is 1. The van der Waals surface area contributed by atoms with Crippen molar-refractivity contribution in [2.24, 2.45) is 0 Å². The zero-order chi connectivity index (χ0) is 21.7. The molecule has 2 aromatic carbocycles. The first-order valence-corrected chi connectivity index (χ1v) is 10.1. The van der Waals surface area contributed by atoms with Gasteiger partial charge in [-0.3, -0.25) is 0 Å². The molecule has 1 aromatic heterocycles. The summed E-state index contributed by atoms with van der Waals surface area (Å²) in [5.74, 6) is -2.89. The van der Waals surface area contributed by atoms with Crippen LogP contribution in [0, 0.1) is 18.6 Å². The maximum atomic E-state index is 14.1. The molecule has 3 aromatic rings. The molecule has 0 saturated carbocycles. The van der Waals surface area contributed by atoms with Gasteiger partial charge in [-0.25, -0.2) is 22.2 Å². The number of aromatic nitrogens is 1. The smallest absolute Gasteiger partial charge is 0.404 e. The molecule has 0 fully saturated rings. The van der Waals surface area contributed by atoms with Gasteiger partial charge in [0.1, 0.15) is 22.3 Å². The van der Waals surface area contributed by atoms with E-state index in [-0.39, 0.29) is 32.7 Å². The number of nitrogens with zero attached hydrogens (tertiary/aromatic N) is 1. The number of ether oxygens (including phenoxy) is 1. The molecule has 0 unspecified atom stereocenters. The SMILES string of the molecule is Cc1c(-c2cccc(OC(F)(F)F)c2S(C)(=O)=O)nc2cc(F)cc(F)c2c1Cl. The third-order valence-electron chi connectivity index (χ3n) is 4.00. The zero-order valence-corrected chi connectivity index (χ0v) is 16.3. The van der Waals surface area contributed by atoms with E-state index in [2.05, 4.69) is 9.72 Å². The van der Waals surface area contributed by atoms with Crippen molar-refractivity contribution in [1.82, 2.24) is 4.98 Å². The van der Waals surface area contributed by atoms with E-state index in [4.69, 9.17) is 11.6 Å². The molecule has 0 aliphatic rings. The van der Waals surface area contributed by atoms with Crippen LogP contribution >= 0.6 is 11.6 Å². The third-order valence-corrected chi connectivity index (χ3v) is 5.64. The van der Waals surface area contributed by atoms with Gasteiger partial charge in [-0.15, -0.1) is 13.2 Å². The molecule has 0 N–H and O–H groups in total. The molecular formula is C18H11ClF5NO3S. The van der Waals surface area contributed by atoms with Crippen LogP contribution in [0.4, 0.5) is 22.0 Å². The van der Waals surface area contributed by atoms with E-state index in [0.29, 0.717) is 12.3 Å². The molecule has 0 aliphatic heterocycles. The molecule has 0 spiro atoms. The van der Waals surface area contributed by atoms with Crippen molar-refractivity contribution in [3.05, 3.63) is 52.6 Å². The lowest BCUT2D eigenvalue weighted by molar-refractivity contribution is -0.275. The predicted octanol–water partition coefficient (Wildman–Crippen LogP) is 5.44. The van der Waals surface area contributed by atoms with E-state index in [0.717, 1.165) is 18.2 Å². The highest BCUT2D eigenvalue weighted by molar-refractivity contribution is 7.91. The summed E-state index contributed by atoms with van der Waals surface area (Å²) in [5, 5.41) is -0.373. The van der Waals surface area contributed by atoms with Gasteiger partial charge in [0.05, 0.1) is 21.6 Å². The van der Waals surface area contributed by atoms with E-state index in [1.807, 2.05) is 0 Å². The quantitative estimate of drug-likeness (QED) is 0.497. The van der Waals surface area contributed by atoms with E-state index in [9.17, 15) is 30.4 Å². The number of halogens is 6. The van der Waals surface area contributed by atoms with Gasteiger partial charge in [0, 0.05) is 24.0 Å². The van der Waals surface area contributed by atoms with Crippen LogP contribution < -0.4 is 4.74 Å². The number of pyridine rings is 1. The Balaban J connectivity index is 2.41. The molecule has 3 rings (SSSR count). The van der Waals surface area contributed by atoms with E-state index < -0.39 is 38.5 Å². The molecule has 154 valence electrons. The molecule has 0 amide bonds. The van der Waals surface area contributed by atoms with E-state index in [1.165, 1.54) is 13.0 Å². The number of sulfone groups is 1. The van der Waals surface area contributed by atoms with Crippen molar-refractivity contribution in [1.29, 1.82) is 0 Å². The lowest BCUT2D eigenvalue weighted by atomic mass is 10.0. The monoisotopic (exact) mass is 451 g/mol. The highest BCUT2D eigenvalue weighted by Gasteiger charge is 2.35. The number of alkyl halides is 3. The van der Waals surface area contributed by atoms with Crippen molar-refractivity contribution in [3.63, 3.8) is 0 Å². The third kappa shape index (κ3) is 4.13. The van der Waals surface area contributed by atoms with Crippen LogP contribution in [0.1, 0.15) is 5.56 Å². The molecule has 0 bridgehead atoms. The van der Waals surface area contributed by atoms with E-state index >= 15 is 0 Å². The second-order valence-electron chi connectivity index (χ2n) is 6.13. The highest BCUT2D eigenvalue weighted by atomic mass is 35.5. The predicted molar refractivity (Wildman–Crippen MR) is 96.6 cm³/mol. The van der Waals surface area contributed by atoms with Crippen LogP contribution in [0.15, 0.2) is 35.2 Å². The average Bonchev–Trinajstić information content (AvgIpc) is 2.54. The van der Waals surface area contributed by atoms with Crippen molar-refractivity contribution < 1.29 is 35.1 Å². The van der Waals surface area contributed by atoms with Gasteiger partial charge in [-0.2, -0.15) is 0 Å². The Bertz CT molecular complexity index is 1240. The molecule has 0 atom stereocenters. The summed E-state index contributed by atoms with van der Waals surface area (Å²) < 4.78 is 94.4. The number of rotatable bonds is 3. The van der Waals surface area contributed by atoms with Gasteiger partial charge >= 0.3 is 6.36 Å². The summed E-state index contributed by atoms with van der Waals surface area (Å²) in [7, 11) is -4.24. The summed E-state index contributed by atoms with van der Waals surface area (Å²) >= 11 is 6.19. The molecule has 0 aliphatic carbocycles. The zero-order valence-electron chi connectivity index (χ0n) is 14.7. The maximum absolute atomic E-state index is 14.1. The summed E-state index contributed by atoms with van der Waals surface area (Å²) in [6.07, 6.45) is -4.44. The Morgan fingerprint density at radius 1 is 1.14 bits per heavy atom. The number of hydrogen-bond donors (Lipinski definition) is 0. The summed E-state index contributed by atoms with van der Waals surface area (Å²) in [6, 6.07) is 4.66. The standard InChI is InChI=1S/C18H11ClF5NO3S/c1-8-15(19)14-11(21)6-9(20)7-12(14)25-16(8)10-4-3-5-13(28-18(22,23)24)17(10)29(2,26)27/h3-7H,1-2H3. The van der Waals surface area contributed by atoms with Crippen LogP contribution in [-0.2, 0) is 9.84 Å². The molecule has 1 heterocycles. The minimum absolute atomic E-state index is 0.0960. The second kappa shape index (κ2) is 7.10. The Labute approximate surface area is 166 Å². The van der Waals surface area contributed by atoms with Crippen LogP contribution in [-0.4, -0.2) is 26.0 Å². The van der Waals surface area contributed by atoms with Crippen molar-refractivity contribution >= 4 is 32.3 Å². The Hall–Kier alpha value is -2.46. The van der Waals surface area contributed by atoms with Gasteiger partial charge in [0.25, 0.3) is 0 Å². The number of hydrogen-bond acceptors (Lipinski definition) is 4. The maximum Gasteiger partial charge on any atom is 0.573 e. The highest BCUT2D eigenvalue weighted by Crippen LogP contribution is 2.41. The van der Waals surface area contributed by atoms with Crippen molar-refractivity contribution in [2.75, 3.05) is 6.26 Å². The first kappa shape index (κ1) is 21.3. The molecule has 4 nitrogen and oxygen atoms in total. The minimum atomic E-state index is -5.15. The summed E-state index contributed by atoms with van der Waals surface area (Å²) in [4.78, 5) is 3.30. The first-order valence-electron chi connectivity index (χ1n) is 7.83. The van der Waals surface area contributed by atoms with Crippen molar-refractivity contribution in [3.8, 4) is 17.0 Å². The van der Waals surface area contributed by atoms with Gasteiger partial charge in [0.2, 0.25) is 0 Å². The normalized spacial score (nSPS) is 12.4. The average molecular weight is 452 g/mol. The fourth-order valence-corrected chi connectivity index (χ4v) is 4.23. The summed E-state index contributed by atoms with van der Waals surface area (Å²) in [6.45, 7) is 1.39. The molecule has 29 heavy (non-hydrogen) atoms. The lowest BCUT2D eigenvalue weighted by Crippen LogP contribution is -2.19. The lowest BCUT2D eigenvalue weighted by Gasteiger charge is -2.17. The summed E-state index contributed by atoms with van der Waals surface area (Å²) in [5.41, 5.74) is -0.533. The van der Waals surface area contributed by atoms with Gasteiger partial charge in [-0.05, 0) is 18.6 Å². The molecule has 11 heteroatoms. The largest absolute Gasteiger partial charge is 0.573 e.